The molecular formula is C30H52O6Si2. The molecule has 216 valence electrons. The van der Waals surface area contributed by atoms with E-state index in [0.717, 1.165) is 12.0 Å². The lowest BCUT2D eigenvalue weighted by Gasteiger charge is -2.56. The second kappa shape index (κ2) is 7.99. The van der Waals surface area contributed by atoms with E-state index in [1.165, 1.54) is 0 Å². The monoisotopic (exact) mass is 564 g/mol. The molecule has 1 aliphatic heterocycles. The molecule has 1 N–H and O–H groups in total. The van der Waals surface area contributed by atoms with Crippen LogP contribution in [0.15, 0.2) is 11.6 Å². The second-order valence-corrected chi connectivity index (χ2v) is 25.9. The molecule has 1 saturated heterocycles. The molecule has 2 unspecified atom stereocenters. The maximum Gasteiger partial charge on any atom is 0.509 e. The van der Waals surface area contributed by atoms with Crippen LogP contribution < -0.4 is 0 Å². The van der Waals surface area contributed by atoms with E-state index in [0.29, 0.717) is 11.8 Å². The maximum atomic E-state index is 13.0. The van der Waals surface area contributed by atoms with Crippen LogP contribution >= 0.6 is 0 Å². The summed E-state index contributed by atoms with van der Waals surface area (Å²) < 4.78 is 27.3. The smallest absolute Gasteiger partial charge is 0.426 e. The van der Waals surface area contributed by atoms with Crippen LogP contribution in [-0.4, -0.2) is 56.9 Å². The fourth-order valence-electron chi connectivity index (χ4n) is 8.78. The van der Waals surface area contributed by atoms with Crippen molar-refractivity contribution in [3.8, 4) is 0 Å². The highest BCUT2D eigenvalue weighted by Crippen LogP contribution is 2.76. The van der Waals surface area contributed by atoms with E-state index in [2.05, 4.69) is 81.2 Å². The Labute approximate surface area is 232 Å². The van der Waals surface area contributed by atoms with Gasteiger partial charge in [-0.15, -0.1) is 0 Å². The minimum absolute atomic E-state index is 0.0272. The summed E-state index contributed by atoms with van der Waals surface area (Å²) in [5.74, 6) is 1.15. The van der Waals surface area contributed by atoms with Crippen molar-refractivity contribution >= 4 is 22.8 Å². The van der Waals surface area contributed by atoms with Crippen LogP contribution in [0, 0.1) is 35.0 Å². The molecule has 10 atom stereocenters. The number of aliphatic hydroxyl groups is 1. The van der Waals surface area contributed by atoms with Crippen LogP contribution in [0.3, 0.4) is 0 Å². The van der Waals surface area contributed by atoms with Gasteiger partial charge >= 0.3 is 6.16 Å². The lowest BCUT2D eigenvalue weighted by Crippen LogP contribution is -2.62. The quantitative estimate of drug-likeness (QED) is 0.227. The van der Waals surface area contributed by atoms with Crippen molar-refractivity contribution < 1.29 is 28.2 Å². The van der Waals surface area contributed by atoms with Crippen molar-refractivity contribution in [3.05, 3.63) is 11.6 Å². The standard InChI is InChI=1S/C30H52O6Si2/c1-17-14-19-21(27(19,6)7)22-23(35-38(12,13)26(3,4)5)18(2)24-29(34-25(31)33-24)16-28(8,32)15-20(29)30(17,22)36-37(9,10)11/h15,17-19,21-24,32H,14,16H2,1-13H3/t17-,18+,19-,21?,22-,23-,24-,28-,29?,30+/m1/s1. The van der Waals surface area contributed by atoms with E-state index in [-0.39, 0.29) is 40.7 Å². The van der Waals surface area contributed by atoms with E-state index in [4.69, 9.17) is 18.3 Å². The number of rotatable bonds is 4. The molecule has 5 aliphatic rings. The largest absolute Gasteiger partial charge is 0.509 e. The molecule has 4 fully saturated rings. The van der Waals surface area contributed by atoms with Crippen molar-refractivity contribution in [3.63, 3.8) is 0 Å². The Morgan fingerprint density at radius 1 is 1.05 bits per heavy atom. The van der Waals surface area contributed by atoms with Crippen LogP contribution in [-0.2, 0) is 18.3 Å². The number of carbonyl (C=O) groups excluding carboxylic acids is 1. The van der Waals surface area contributed by atoms with Gasteiger partial charge in [0.05, 0.1) is 17.3 Å². The van der Waals surface area contributed by atoms with Gasteiger partial charge < -0.3 is 23.4 Å². The number of hydrogen-bond donors (Lipinski definition) is 1. The van der Waals surface area contributed by atoms with Gasteiger partial charge in [0.15, 0.2) is 28.3 Å². The first-order valence-corrected chi connectivity index (χ1v) is 21.1. The third kappa shape index (κ3) is 3.90. The van der Waals surface area contributed by atoms with E-state index in [1.807, 2.05) is 13.0 Å². The SMILES string of the molecule is C[C@H]1[C@@H](O[Si](C)(C)C(C)(C)C)[C@H]2C3[C@@H](C[C@@H](C)[C@]2(O[Si](C)(C)C)C2=C[C@@](C)(O)CC24OC(=O)O[C@H]14)C3(C)C. The molecule has 0 aromatic heterocycles. The molecule has 0 aromatic carbocycles. The minimum Gasteiger partial charge on any atom is -0.426 e. The highest BCUT2D eigenvalue weighted by molar-refractivity contribution is 6.74. The lowest BCUT2D eigenvalue weighted by atomic mass is 9.62. The molecule has 0 amide bonds. The minimum atomic E-state index is -2.23. The van der Waals surface area contributed by atoms with Crippen LogP contribution in [0.5, 0.6) is 0 Å². The lowest BCUT2D eigenvalue weighted by molar-refractivity contribution is -0.107. The summed E-state index contributed by atoms with van der Waals surface area (Å²) in [5, 5.41) is 11.6. The average Bonchev–Trinajstić information content (AvgIpc) is 2.98. The number of carbonyl (C=O) groups is 1. The van der Waals surface area contributed by atoms with Crippen molar-refractivity contribution in [2.45, 2.75) is 135 Å². The van der Waals surface area contributed by atoms with E-state index < -0.39 is 45.7 Å². The maximum absolute atomic E-state index is 13.0. The molecule has 5 rings (SSSR count). The first-order chi connectivity index (χ1) is 17.0. The van der Waals surface area contributed by atoms with E-state index >= 15 is 0 Å². The number of ether oxygens (including phenoxy) is 2. The van der Waals surface area contributed by atoms with Crippen molar-refractivity contribution in [1.29, 1.82) is 0 Å². The predicted octanol–water partition coefficient (Wildman–Crippen LogP) is 6.90. The summed E-state index contributed by atoms with van der Waals surface area (Å²) in [4.78, 5) is 13.0. The molecule has 1 heterocycles. The second-order valence-electron chi connectivity index (χ2n) is 16.7. The Morgan fingerprint density at radius 3 is 2.21 bits per heavy atom. The zero-order chi connectivity index (χ0) is 28.6. The zero-order valence-electron chi connectivity index (χ0n) is 26.0. The molecule has 8 heteroatoms. The van der Waals surface area contributed by atoms with Gasteiger partial charge in [-0.25, -0.2) is 4.79 Å². The molecule has 0 aromatic rings. The average molecular weight is 565 g/mol. The topological polar surface area (TPSA) is 74.2 Å². The summed E-state index contributed by atoms with van der Waals surface area (Å²) in [6.07, 6.45) is 1.99. The van der Waals surface area contributed by atoms with E-state index in [1.54, 1.807) is 0 Å². The summed E-state index contributed by atoms with van der Waals surface area (Å²) >= 11 is 0. The summed E-state index contributed by atoms with van der Waals surface area (Å²) in [6.45, 7) is 29.4. The Balaban J connectivity index is 1.82. The molecule has 6 nitrogen and oxygen atoms in total. The third-order valence-electron chi connectivity index (χ3n) is 11.3. The van der Waals surface area contributed by atoms with Gasteiger partial charge in [-0.2, -0.15) is 0 Å². The van der Waals surface area contributed by atoms with Gasteiger partial charge in [0.1, 0.15) is 0 Å². The first kappa shape index (κ1) is 28.8. The molecule has 3 saturated carbocycles. The summed E-state index contributed by atoms with van der Waals surface area (Å²) in [7, 11) is -4.38. The van der Waals surface area contributed by atoms with Gasteiger partial charge in [-0.1, -0.05) is 48.5 Å². The Hall–Kier alpha value is -0.676. The number of hydrogen-bond acceptors (Lipinski definition) is 6. The fourth-order valence-corrected chi connectivity index (χ4v) is 11.6. The molecule has 1 spiro atoms. The predicted molar refractivity (Wildman–Crippen MR) is 154 cm³/mol. The van der Waals surface area contributed by atoms with Gasteiger partial charge in [0.2, 0.25) is 0 Å². The highest BCUT2D eigenvalue weighted by atomic mass is 28.4. The zero-order valence-corrected chi connectivity index (χ0v) is 28.0. The van der Waals surface area contributed by atoms with E-state index in [9.17, 15) is 9.90 Å². The van der Waals surface area contributed by atoms with Crippen molar-refractivity contribution in [2.75, 3.05) is 0 Å². The van der Waals surface area contributed by atoms with Crippen molar-refractivity contribution in [1.82, 2.24) is 0 Å². The van der Waals surface area contributed by atoms with Crippen LogP contribution in [0.4, 0.5) is 4.79 Å². The summed E-state index contributed by atoms with van der Waals surface area (Å²) in [6, 6.07) is 0. The Morgan fingerprint density at radius 2 is 1.66 bits per heavy atom. The normalized spacial score (nSPS) is 47.6. The highest BCUT2D eigenvalue weighted by Gasteiger charge is 2.79. The Kier molecular flexibility index (Phi) is 6.06. The van der Waals surface area contributed by atoms with Crippen LogP contribution in [0.25, 0.3) is 0 Å². The molecule has 4 aliphatic carbocycles. The molecule has 0 bridgehead atoms. The third-order valence-corrected chi connectivity index (χ3v) is 16.7. The first-order valence-electron chi connectivity index (χ1n) is 14.7. The molecule has 0 radical (unpaired) electrons. The van der Waals surface area contributed by atoms with Gasteiger partial charge in [-0.3, -0.25) is 0 Å². The summed E-state index contributed by atoms with van der Waals surface area (Å²) in [5.41, 5.74) is -1.76. The van der Waals surface area contributed by atoms with Crippen molar-refractivity contribution in [2.24, 2.45) is 35.0 Å². The Bertz CT molecular complexity index is 1050. The van der Waals surface area contributed by atoms with Gasteiger partial charge in [-0.05, 0) is 80.4 Å². The molecular weight excluding hydrogens is 512 g/mol. The van der Waals surface area contributed by atoms with Gasteiger partial charge in [0, 0.05) is 23.8 Å². The van der Waals surface area contributed by atoms with Gasteiger partial charge in [0.25, 0.3) is 0 Å². The fraction of sp³-hybridized carbons (Fsp3) is 0.900. The van der Waals surface area contributed by atoms with Crippen LogP contribution in [0.2, 0.25) is 37.8 Å². The van der Waals surface area contributed by atoms with Crippen LogP contribution in [0.1, 0.15) is 68.2 Å². The number of fused-ring (bicyclic) bond motifs is 4. The molecule has 38 heavy (non-hydrogen) atoms.